The van der Waals surface area contributed by atoms with Crippen molar-refractivity contribution in [3.8, 4) is 6.07 Å². The van der Waals surface area contributed by atoms with Gasteiger partial charge in [-0.3, -0.25) is 9.59 Å². The predicted octanol–water partition coefficient (Wildman–Crippen LogP) is 2.55. The maximum atomic E-state index is 12.1. The number of carbonyl (C=O) groups excluding carboxylic acids is 2. The molecule has 1 fully saturated rings. The zero-order valence-electron chi connectivity index (χ0n) is 14.8. The molecule has 1 aliphatic heterocycles. The van der Waals surface area contributed by atoms with Crippen LogP contribution in [0, 0.1) is 17.2 Å². The van der Waals surface area contributed by atoms with E-state index in [9.17, 15) is 9.59 Å². The van der Waals surface area contributed by atoms with Crippen molar-refractivity contribution in [1.29, 1.82) is 5.26 Å². The molecular weight excluding hydrogens is 334 g/mol. The number of rotatable bonds is 6. The molecule has 2 amide bonds. The van der Waals surface area contributed by atoms with Crippen molar-refractivity contribution in [3.05, 3.63) is 35.4 Å². The summed E-state index contributed by atoms with van der Waals surface area (Å²) in [6.45, 7) is 5.28. The first kappa shape index (κ1) is 19.3. The first-order valence-electron chi connectivity index (χ1n) is 8.64. The molecule has 6 heteroatoms. The lowest BCUT2D eigenvalue weighted by molar-refractivity contribution is -0.135. The van der Waals surface area contributed by atoms with Crippen molar-refractivity contribution in [2.75, 3.05) is 18.8 Å². The van der Waals surface area contributed by atoms with Crippen molar-refractivity contribution >= 4 is 23.6 Å². The lowest BCUT2D eigenvalue weighted by atomic mass is 10.0. The molecule has 0 unspecified atom stereocenters. The average Bonchev–Trinajstić information content (AvgIpc) is 2.62. The maximum absolute atomic E-state index is 12.1. The minimum Gasteiger partial charge on any atom is -0.353 e. The van der Waals surface area contributed by atoms with Gasteiger partial charge in [-0.25, -0.2) is 0 Å². The van der Waals surface area contributed by atoms with Gasteiger partial charge in [0.1, 0.15) is 0 Å². The van der Waals surface area contributed by atoms with E-state index in [0.717, 1.165) is 37.2 Å². The zero-order valence-corrected chi connectivity index (χ0v) is 15.6. The summed E-state index contributed by atoms with van der Waals surface area (Å²) in [6, 6.07) is 9.69. The Morgan fingerprint density at radius 3 is 2.48 bits per heavy atom. The van der Waals surface area contributed by atoms with Crippen molar-refractivity contribution in [2.45, 2.75) is 38.5 Å². The lowest BCUT2D eigenvalue weighted by Crippen LogP contribution is -2.47. The van der Waals surface area contributed by atoms with Crippen LogP contribution in [0.5, 0.6) is 0 Å². The molecule has 0 radical (unpaired) electrons. The standard InChI is InChI=1S/C19H25N3O2S/c1-14(2)19(24)22-9-7-17(8-10-22)21-18(23)13-25-12-16-5-3-15(11-20)4-6-16/h3-6,14,17H,7-10,12-13H2,1-2H3,(H,21,23). The van der Waals surface area contributed by atoms with Crippen LogP contribution in [0.1, 0.15) is 37.8 Å². The van der Waals surface area contributed by atoms with Gasteiger partial charge >= 0.3 is 0 Å². The summed E-state index contributed by atoms with van der Waals surface area (Å²) < 4.78 is 0. The number of hydrogen-bond donors (Lipinski definition) is 1. The highest BCUT2D eigenvalue weighted by molar-refractivity contribution is 7.99. The van der Waals surface area contributed by atoms with E-state index in [1.165, 1.54) is 0 Å². The smallest absolute Gasteiger partial charge is 0.230 e. The Kier molecular flexibility index (Phi) is 7.32. The normalized spacial score (nSPS) is 15.0. The second kappa shape index (κ2) is 9.47. The fourth-order valence-corrected chi connectivity index (χ4v) is 3.61. The number of likely N-dealkylation sites (tertiary alicyclic amines) is 1. The molecule has 134 valence electrons. The van der Waals surface area contributed by atoms with Crippen LogP contribution in [0.15, 0.2) is 24.3 Å². The summed E-state index contributed by atoms with van der Waals surface area (Å²) in [6.07, 6.45) is 1.65. The summed E-state index contributed by atoms with van der Waals surface area (Å²) in [4.78, 5) is 25.9. The van der Waals surface area contributed by atoms with Gasteiger partial charge < -0.3 is 10.2 Å². The maximum Gasteiger partial charge on any atom is 0.230 e. The van der Waals surface area contributed by atoms with Crippen LogP contribution >= 0.6 is 11.8 Å². The van der Waals surface area contributed by atoms with Crippen LogP contribution in [0.4, 0.5) is 0 Å². The molecule has 2 rings (SSSR count). The quantitative estimate of drug-likeness (QED) is 0.847. The summed E-state index contributed by atoms with van der Waals surface area (Å²) in [5.41, 5.74) is 1.76. The number of nitrogens with one attached hydrogen (secondary N) is 1. The second-order valence-corrected chi connectivity index (χ2v) is 7.61. The highest BCUT2D eigenvalue weighted by atomic mass is 32.2. The lowest BCUT2D eigenvalue weighted by Gasteiger charge is -2.33. The minimum atomic E-state index is 0.0322. The number of hydrogen-bond acceptors (Lipinski definition) is 4. The molecular formula is C19H25N3O2S. The Labute approximate surface area is 153 Å². The Morgan fingerprint density at radius 2 is 1.92 bits per heavy atom. The van der Waals surface area contributed by atoms with E-state index in [-0.39, 0.29) is 23.8 Å². The number of benzene rings is 1. The van der Waals surface area contributed by atoms with Gasteiger partial charge in [0.25, 0.3) is 0 Å². The number of carbonyl (C=O) groups is 2. The molecule has 5 nitrogen and oxygen atoms in total. The van der Waals surface area contributed by atoms with Gasteiger partial charge in [0.15, 0.2) is 0 Å². The fourth-order valence-electron chi connectivity index (χ4n) is 2.82. The predicted molar refractivity (Wildman–Crippen MR) is 99.9 cm³/mol. The molecule has 0 aromatic heterocycles. The first-order chi connectivity index (χ1) is 12.0. The number of amides is 2. The van der Waals surface area contributed by atoms with Crippen LogP contribution in [-0.4, -0.2) is 41.6 Å². The van der Waals surface area contributed by atoms with Gasteiger partial charge in [-0.2, -0.15) is 5.26 Å². The van der Waals surface area contributed by atoms with Gasteiger partial charge in [0.05, 0.1) is 17.4 Å². The molecule has 25 heavy (non-hydrogen) atoms. The number of nitrogens with zero attached hydrogens (tertiary/aromatic N) is 2. The van der Waals surface area contributed by atoms with Crippen LogP contribution in [0.3, 0.4) is 0 Å². The summed E-state index contributed by atoms with van der Waals surface area (Å²) in [5.74, 6) is 1.45. The van der Waals surface area contributed by atoms with E-state index in [2.05, 4.69) is 11.4 Å². The molecule has 1 N–H and O–H groups in total. The van der Waals surface area contributed by atoms with E-state index in [1.807, 2.05) is 30.9 Å². The topological polar surface area (TPSA) is 73.2 Å². The van der Waals surface area contributed by atoms with Crippen LogP contribution in [-0.2, 0) is 15.3 Å². The molecule has 1 aliphatic rings. The van der Waals surface area contributed by atoms with E-state index >= 15 is 0 Å². The zero-order chi connectivity index (χ0) is 18.2. The summed E-state index contributed by atoms with van der Waals surface area (Å²) in [5, 5.41) is 11.8. The van der Waals surface area contributed by atoms with E-state index in [0.29, 0.717) is 11.3 Å². The molecule has 1 saturated heterocycles. The molecule has 1 aromatic carbocycles. The third kappa shape index (κ3) is 6.09. The SMILES string of the molecule is CC(C)C(=O)N1CCC(NC(=O)CSCc2ccc(C#N)cc2)CC1. The minimum absolute atomic E-state index is 0.0322. The van der Waals surface area contributed by atoms with Gasteiger partial charge in [-0.05, 0) is 30.5 Å². The molecule has 0 aliphatic carbocycles. The fraction of sp³-hybridized carbons (Fsp3) is 0.526. The second-order valence-electron chi connectivity index (χ2n) is 6.62. The van der Waals surface area contributed by atoms with E-state index in [4.69, 9.17) is 5.26 Å². The van der Waals surface area contributed by atoms with Gasteiger partial charge in [-0.15, -0.1) is 11.8 Å². The average molecular weight is 359 g/mol. The Morgan fingerprint density at radius 1 is 1.28 bits per heavy atom. The first-order valence-corrected chi connectivity index (χ1v) is 9.80. The monoisotopic (exact) mass is 359 g/mol. The molecule has 0 spiro atoms. The Balaban J connectivity index is 1.66. The van der Waals surface area contributed by atoms with Crippen molar-refractivity contribution in [2.24, 2.45) is 5.92 Å². The third-order valence-corrected chi connectivity index (χ3v) is 5.25. The molecule has 0 bridgehead atoms. The van der Waals surface area contributed by atoms with Gasteiger partial charge in [0, 0.05) is 30.8 Å². The highest BCUT2D eigenvalue weighted by Gasteiger charge is 2.24. The van der Waals surface area contributed by atoms with E-state index in [1.54, 1.807) is 23.9 Å². The third-order valence-electron chi connectivity index (χ3n) is 4.25. The highest BCUT2D eigenvalue weighted by Crippen LogP contribution is 2.15. The number of piperidine rings is 1. The van der Waals surface area contributed by atoms with Gasteiger partial charge in [-0.1, -0.05) is 26.0 Å². The van der Waals surface area contributed by atoms with Gasteiger partial charge in [0.2, 0.25) is 11.8 Å². The Bertz CT molecular complexity index is 629. The van der Waals surface area contributed by atoms with Crippen LogP contribution in [0.2, 0.25) is 0 Å². The van der Waals surface area contributed by atoms with Crippen LogP contribution in [0.25, 0.3) is 0 Å². The van der Waals surface area contributed by atoms with Crippen molar-refractivity contribution in [3.63, 3.8) is 0 Å². The van der Waals surface area contributed by atoms with E-state index < -0.39 is 0 Å². The molecule has 1 aromatic rings. The van der Waals surface area contributed by atoms with Crippen LogP contribution < -0.4 is 5.32 Å². The number of thioether (sulfide) groups is 1. The Hall–Kier alpha value is -2.00. The molecule has 0 saturated carbocycles. The molecule has 0 atom stereocenters. The largest absolute Gasteiger partial charge is 0.353 e. The summed E-state index contributed by atoms with van der Waals surface area (Å²) >= 11 is 1.57. The molecule has 1 heterocycles. The van der Waals surface area contributed by atoms with Crippen molar-refractivity contribution < 1.29 is 9.59 Å². The number of nitriles is 1. The van der Waals surface area contributed by atoms with Crippen molar-refractivity contribution in [1.82, 2.24) is 10.2 Å². The summed E-state index contributed by atoms with van der Waals surface area (Å²) in [7, 11) is 0.